The largest absolute Gasteiger partial charge is 0.444 e. The predicted octanol–water partition coefficient (Wildman–Crippen LogP) is 1.45. The molecule has 0 bridgehead atoms. The SMILES string of the molecule is CC(C)(C)OC(=O)N1CCN(CCOCC(F)(F)F)C(CN)C1. The van der Waals surface area contributed by atoms with Crippen LogP contribution in [0.3, 0.4) is 0 Å². The number of nitrogens with zero attached hydrogens (tertiary/aromatic N) is 2. The summed E-state index contributed by atoms with van der Waals surface area (Å²) in [6.07, 6.45) is -4.72. The van der Waals surface area contributed by atoms with Crippen molar-refractivity contribution in [2.24, 2.45) is 5.73 Å². The Morgan fingerprint density at radius 2 is 1.91 bits per heavy atom. The number of alkyl halides is 3. The zero-order valence-corrected chi connectivity index (χ0v) is 13.9. The van der Waals surface area contributed by atoms with Crippen LogP contribution in [0, 0.1) is 0 Å². The lowest BCUT2D eigenvalue weighted by Gasteiger charge is -2.41. The molecule has 1 aliphatic rings. The summed E-state index contributed by atoms with van der Waals surface area (Å²) in [6, 6.07) is -0.120. The van der Waals surface area contributed by atoms with Crippen molar-refractivity contribution in [2.45, 2.75) is 38.6 Å². The summed E-state index contributed by atoms with van der Waals surface area (Å²) >= 11 is 0. The van der Waals surface area contributed by atoms with Crippen LogP contribution in [0.15, 0.2) is 0 Å². The molecule has 1 saturated heterocycles. The van der Waals surface area contributed by atoms with Crippen molar-refractivity contribution in [3.63, 3.8) is 0 Å². The van der Waals surface area contributed by atoms with E-state index in [9.17, 15) is 18.0 Å². The number of halogens is 3. The van der Waals surface area contributed by atoms with E-state index in [1.54, 1.807) is 25.7 Å². The van der Waals surface area contributed by atoms with E-state index in [0.717, 1.165) is 0 Å². The minimum atomic E-state index is -4.32. The monoisotopic (exact) mass is 341 g/mol. The summed E-state index contributed by atoms with van der Waals surface area (Å²) in [5.74, 6) is 0. The Bertz CT molecular complexity index is 386. The van der Waals surface area contributed by atoms with Crippen LogP contribution in [0.1, 0.15) is 20.8 Å². The number of rotatable bonds is 5. The number of ether oxygens (including phenoxy) is 2. The molecule has 1 rings (SSSR count). The second-order valence-electron chi connectivity index (χ2n) is 6.52. The Hall–Kier alpha value is -1.06. The van der Waals surface area contributed by atoms with E-state index in [1.807, 2.05) is 4.90 Å². The standard InChI is InChI=1S/C14H26F3N3O3/c1-13(2,3)23-12(21)20-5-4-19(11(8-18)9-20)6-7-22-10-14(15,16)17/h11H,4-10,18H2,1-3H3. The van der Waals surface area contributed by atoms with Crippen LogP contribution in [-0.2, 0) is 9.47 Å². The van der Waals surface area contributed by atoms with Gasteiger partial charge in [-0.2, -0.15) is 13.2 Å². The van der Waals surface area contributed by atoms with Gasteiger partial charge in [0.2, 0.25) is 0 Å². The molecular weight excluding hydrogens is 315 g/mol. The molecule has 1 aliphatic heterocycles. The maximum absolute atomic E-state index is 12.0. The van der Waals surface area contributed by atoms with Crippen LogP contribution in [0.2, 0.25) is 0 Å². The highest BCUT2D eigenvalue weighted by Gasteiger charge is 2.31. The molecule has 0 aliphatic carbocycles. The minimum Gasteiger partial charge on any atom is -0.444 e. The number of carbonyl (C=O) groups is 1. The summed E-state index contributed by atoms with van der Waals surface area (Å²) in [5.41, 5.74) is 5.14. The summed E-state index contributed by atoms with van der Waals surface area (Å²) in [5, 5.41) is 0. The lowest BCUT2D eigenvalue weighted by Crippen LogP contribution is -2.58. The lowest BCUT2D eigenvalue weighted by molar-refractivity contribution is -0.175. The first-order valence-corrected chi connectivity index (χ1v) is 7.58. The van der Waals surface area contributed by atoms with Crippen molar-refractivity contribution in [3.8, 4) is 0 Å². The smallest absolute Gasteiger partial charge is 0.411 e. The second kappa shape index (κ2) is 8.16. The summed E-state index contributed by atoms with van der Waals surface area (Å²) in [4.78, 5) is 15.6. The Labute approximate surface area is 134 Å². The van der Waals surface area contributed by atoms with Crippen molar-refractivity contribution < 1.29 is 27.4 Å². The van der Waals surface area contributed by atoms with Crippen molar-refractivity contribution >= 4 is 6.09 Å². The molecule has 1 fully saturated rings. The summed E-state index contributed by atoms with van der Waals surface area (Å²) in [7, 11) is 0. The van der Waals surface area contributed by atoms with Crippen LogP contribution in [-0.4, -0.2) is 79.6 Å². The molecule has 0 aromatic heterocycles. The average Bonchev–Trinajstić information content (AvgIpc) is 2.40. The molecule has 1 amide bonds. The Morgan fingerprint density at radius 1 is 1.26 bits per heavy atom. The maximum Gasteiger partial charge on any atom is 0.411 e. The molecule has 9 heteroatoms. The topological polar surface area (TPSA) is 68.0 Å². The number of nitrogens with two attached hydrogens (primary N) is 1. The lowest BCUT2D eigenvalue weighted by atomic mass is 10.1. The minimum absolute atomic E-state index is 0.0253. The fourth-order valence-electron chi connectivity index (χ4n) is 2.27. The molecule has 2 N–H and O–H groups in total. The molecule has 1 heterocycles. The van der Waals surface area contributed by atoms with Gasteiger partial charge in [-0.15, -0.1) is 0 Å². The van der Waals surface area contributed by atoms with Gasteiger partial charge in [0.15, 0.2) is 0 Å². The number of piperazine rings is 1. The predicted molar refractivity (Wildman–Crippen MR) is 79.1 cm³/mol. The Kier molecular flexibility index (Phi) is 7.09. The average molecular weight is 341 g/mol. The zero-order valence-electron chi connectivity index (χ0n) is 13.9. The Morgan fingerprint density at radius 3 is 2.43 bits per heavy atom. The number of carbonyl (C=O) groups excluding carboxylic acids is 1. The van der Waals surface area contributed by atoms with Gasteiger partial charge in [-0.1, -0.05) is 0 Å². The third-order valence-electron chi connectivity index (χ3n) is 3.32. The van der Waals surface area contributed by atoms with Crippen molar-refractivity contribution in [2.75, 3.05) is 45.9 Å². The van der Waals surface area contributed by atoms with Crippen molar-refractivity contribution in [1.82, 2.24) is 9.80 Å². The highest BCUT2D eigenvalue weighted by atomic mass is 19.4. The van der Waals surface area contributed by atoms with Gasteiger partial charge in [0, 0.05) is 38.8 Å². The Balaban J connectivity index is 2.42. The van der Waals surface area contributed by atoms with Gasteiger partial charge < -0.3 is 20.1 Å². The van der Waals surface area contributed by atoms with Crippen LogP contribution >= 0.6 is 0 Å². The van der Waals surface area contributed by atoms with Crippen LogP contribution in [0.5, 0.6) is 0 Å². The van der Waals surface area contributed by atoms with Gasteiger partial charge in [-0.05, 0) is 20.8 Å². The van der Waals surface area contributed by atoms with E-state index in [1.165, 1.54) is 0 Å². The van der Waals surface area contributed by atoms with Gasteiger partial charge in [0.25, 0.3) is 0 Å². The molecule has 0 aromatic rings. The fraction of sp³-hybridized carbons (Fsp3) is 0.929. The zero-order chi connectivity index (χ0) is 17.7. The highest BCUT2D eigenvalue weighted by Crippen LogP contribution is 2.16. The fourth-order valence-corrected chi connectivity index (χ4v) is 2.27. The molecule has 0 spiro atoms. The third-order valence-corrected chi connectivity index (χ3v) is 3.32. The first-order chi connectivity index (χ1) is 10.5. The van der Waals surface area contributed by atoms with E-state index < -0.39 is 24.5 Å². The summed E-state index contributed by atoms with van der Waals surface area (Å²) < 4.78 is 46.0. The highest BCUT2D eigenvalue weighted by molar-refractivity contribution is 5.68. The molecule has 0 saturated carbocycles. The van der Waals surface area contributed by atoms with E-state index in [-0.39, 0.29) is 12.6 Å². The first-order valence-electron chi connectivity index (χ1n) is 7.58. The molecule has 23 heavy (non-hydrogen) atoms. The van der Waals surface area contributed by atoms with Gasteiger partial charge in [-0.25, -0.2) is 4.79 Å². The van der Waals surface area contributed by atoms with Gasteiger partial charge in [-0.3, -0.25) is 4.90 Å². The van der Waals surface area contributed by atoms with E-state index in [0.29, 0.717) is 32.7 Å². The quantitative estimate of drug-likeness (QED) is 0.767. The van der Waals surface area contributed by atoms with Gasteiger partial charge in [0.05, 0.1) is 6.61 Å². The molecular formula is C14H26F3N3O3. The van der Waals surface area contributed by atoms with E-state index >= 15 is 0 Å². The molecule has 1 unspecified atom stereocenters. The number of hydrogen-bond donors (Lipinski definition) is 1. The summed E-state index contributed by atoms with van der Waals surface area (Å²) in [6.45, 7) is 6.11. The third kappa shape index (κ3) is 7.85. The number of hydrogen-bond acceptors (Lipinski definition) is 5. The molecule has 0 aromatic carbocycles. The van der Waals surface area contributed by atoms with Crippen molar-refractivity contribution in [3.05, 3.63) is 0 Å². The maximum atomic E-state index is 12.0. The van der Waals surface area contributed by atoms with Crippen molar-refractivity contribution in [1.29, 1.82) is 0 Å². The normalized spacial score (nSPS) is 20.7. The van der Waals surface area contributed by atoms with Gasteiger partial charge in [0.1, 0.15) is 12.2 Å². The number of amides is 1. The molecule has 1 atom stereocenters. The molecule has 0 radical (unpaired) electrons. The second-order valence-corrected chi connectivity index (χ2v) is 6.52. The van der Waals surface area contributed by atoms with E-state index in [2.05, 4.69) is 4.74 Å². The molecule has 6 nitrogen and oxygen atoms in total. The van der Waals surface area contributed by atoms with Crippen LogP contribution in [0.4, 0.5) is 18.0 Å². The first kappa shape index (κ1) is 20.0. The van der Waals surface area contributed by atoms with E-state index in [4.69, 9.17) is 10.5 Å². The van der Waals surface area contributed by atoms with Crippen LogP contribution < -0.4 is 5.73 Å². The van der Waals surface area contributed by atoms with Gasteiger partial charge >= 0.3 is 12.3 Å². The van der Waals surface area contributed by atoms with Crippen LogP contribution in [0.25, 0.3) is 0 Å². The molecule has 136 valence electrons.